The van der Waals surface area contributed by atoms with E-state index in [0.717, 1.165) is 12.3 Å². The molecule has 0 aromatic heterocycles. The van der Waals surface area contributed by atoms with Crippen LogP contribution in [-0.4, -0.2) is 6.17 Å². The van der Waals surface area contributed by atoms with Gasteiger partial charge in [-0.2, -0.15) is 0 Å². The average molecular weight is 230 g/mol. The monoisotopic (exact) mass is 230 g/mol. The Morgan fingerprint density at radius 1 is 1.12 bits per heavy atom. The SMILES string of the molecule is CCCCC(C)(CCC(C)C)CC(F)CC. The Morgan fingerprint density at radius 3 is 2.19 bits per heavy atom. The van der Waals surface area contributed by atoms with E-state index in [9.17, 15) is 4.39 Å². The van der Waals surface area contributed by atoms with Gasteiger partial charge in [0.15, 0.2) is 0 Å². The minimum absolute atomic E-state index is 0.232. The molecule has 98 valence electrons. The fourth-order valence-electron chi connectivity index (χ4n) is 2.25. The van der Waals surface area contributed by atoms with Gasteiger partial charge in [0.25, 0.3) is 0 Å². The molecule has 0 N–H and O–H groups in total. The Morgan fingerprint density at radius 2 is 1.75 bits per heavy atom. The van der Waals surface area contributed by atoms with Crippen molar-refractivity contribution in [1.82, 2.24) is 0 Å². The molecule has 0 aliphatic heterocycles. The first-order chi connectivity index (χ1) is 7.43. The minimum atomic E-state index is -0.603. The van der Waals surface area contributed by atoms with Crippen LogP contribution in [0.2, 0.25) is 0 Å². The molecule has 0 aliphatic carbocycles. The maximum Gasteiger partial charge on any atom is 0.100 e. The first-order valence-electron chi connectivity index (χ1n) is 7.07. The van der Waals surface area contributed by atoms with Gasteiger partial charge in [-0.15, -0.1) is 0 Å². The summed E-state index contributed by atoms with van der Waals surface area (Å²) in [5.74, 6) is 0.737. The fraction of sp³-hybridized carbons (Fsp3) is 1.00. The standard InChI is InChI=1S/C15H31F/c1-6-8-10-15(5,11-9-13(3)4)12-14(16)7-2/h13-14H,6-12H2,1-5H3. The van der Waals surface area contributed by atoms with Gasteiger partial charge in [0.05, 0.1) is 0 Å². The van der Waals surface area contributed by atoms with Crippen LogP contribution in [0, 0.1) is 11.3 Å². The molecule has 0 aliphatic rings. The highest BCUT2D eigenvalue weighted by molar-refractivity contribution is 4.78. The van der Waals surface area contributed by atoms with Gasteiger partial charge in [0.2, 0.25) is 0 Å². The van der Waals surface area contributed by atoms with Crippen molar-refractivity contribution in [2.45, 2.75) is 85.7 Å². The van der Waals surface area contributed by atoms with Crippen molar-refractivity contribution in [3.8, 4) is 0 Å². The Balaban J connectivity index is 4.23. The molecule has 0 radical (unpaired) electrons. The lowest BCUT2D eigenvalue weighted by Gasteiger charge is -2.31. The predicted molar refractivity (Wildman–Crippen MR) is 71.5 cm³/mol. The summed E-state index contributed by atoms with van der Waals surface area (Å²) in [5.41, 5.74) is 0.232. The van der Waals surface area contributed by atoms with E-state index in [4.69, 9.17) is 0 Å². The molecule has 2 unspecified atom stereocenters. The zero-order valence-electron chi connectivity index (χ0n) is 12.0. The van der Waals surface area contributed by atoms with E-state index in [2.05, 4.69) is 27.7 Å². The van der Waals surface area contributed by atoms with Gasteiger partial charge in [0.1, 0.15) is 6.17 Å². The zero-order chi connectivity index (χ0) is 12.6. The third kappa shape index (κ3) is 7.24. The average Bonchev–Trinajstić information content (AvgIpc) is 2.24. The molecule has 0 saturated carbocycles. The van der Waals surface area contributed by atoms with Crippen molar-refractivity contribution >= 4 is 0 Å². The molecule has 0 heterocycles. The summed E-state index contributed by atoms with van der Waals surface area (Å²) in [7, 11) is 0. The molecule has 0 bridgehead atoms. The Bertz CT molecular complexity index is 165. The van der Waals surface area contributed by atoms with Gasteiger partial charge in [0, 0.05) is 0 Å². The quantitative estimate of drug-likeness (QED) is 0.472. The van der Waals surface area contributed by atoms with E-state index in [0.29, 0.717) is 6.42 Å². The van der Waals surface area contributed by atoms with E-state index in [1.165, 1.54) is 32.1 Å². The number of hydrogen-bond acceptors (Lipinski definition) is 0. The van der Waals surface area contributed by atoms with Gasteiger partial charge in [-0.3, -0.25) is 0 Å². The maximum atomic E-state index is 13.6. The van der Waals surface area contributed by atoms with Gasteiger partial charge in [-0.05, 0) is 37.0 Å². The molecular formula is C15H31F. The second-order valence-electron chi connectivity index (χ2n) is 6.06. The molecule has 0 aromatic carbocycles. The molecule has 0 amide bonds. The Labute approximate surface area is 102 Å². The van der Waals surface area contributed by atoms with Crippen LogP contribution >= 0.6 is 0 Å². The number of rotatable bonds is 9. The normalized spacial score (nSPS) is 17.4. The number of unbranched alkanes of at least 4 members (excludes halogenated alkanes) is 1. The van der Waals surface area contributed by atoms with Crippen molar-refractivity contribution in [2.75, 3.05) is 0 Å². The van der Waals surface area contributed by atoms with E-state index in [1.807, 2.05) is 6.92 Å². The van der Waals surface area contributed by atoms with Crippen LogP contribution in [0.3, 0.4) is 0 Å². The molecule has 0 rings (SSSR count). The molecule has 16 heavy (non-hydrogen) atoms. The molecule has 0 nitrogen and oxygen atoms in total. The molecule has 0 spiro atoms. The van der Waals surface area contributed by atoms with E-state index in [-0.39, 0.29) is 5.41 Å². The molecule has 0 aromatic rings. The maximum absolute atomic E-state index is 13.6. The lowest BCUT2D eigenvalue weighted by Crippen LogP contribution is -2.22. The topological polar surface area (TPSA) is 0 Å². The van der Waals surface area contributed by atoms with Gasteiger partial charge < -0.3 is 0 Å². The summed E-state index contributed by atoms with van der Waals surface area (Å²) in [5, 5.41) is 0. The van der Waals surface area contributed by atoms with Gasteiger partial charge in [-0.25, -0.2) is 4.39 Å². The third-order valence-corrected chi connectivity index (χ3v) is 3.62. The number of hydrogen-bond donors (Lipinski definition) is 0. The van der Waals surface area contributed by atoms with Crippen molar-refractivity contribution in [3.05, 3.63) is 0 Å². The van der Waals surface area contributed by atoms with Crippen molar-refractivity contribution < 1.29 is 4.39 Å². The Kier molecular flexibility index (Phi) is 8.05. The highest BCUT2D eigenvalue weighted by Crippen LogP contribution is 2.37. The van der Waals surface area contributed by atoms with Crippen LogP contribution in [0.1, 0.15) is 79.6 Å². The smallest absolute Gasteiger partial charge is 0.100 e. The van der Waals surface area contributed by atoms with Crippen LogP contribution in [0.5, 0.6) is 0 Å². The van der Waals surface area contributed by atoms with Crippen LogP contribution in [0.4, 0.5) is 4.39 Å². The zero-order valence-corrected chi connectivity index (χ0v) is 12.0. The highest BCUT2D eigenvalue weighted by atomic mass is 19.1. The summed E-state index contributed by atoms with van der Waals surface area (Å²) < 4.78 is 13.6. The molecule has 2 atom stereocenters. The second-order valence-corrected chi connectivity index (χ2v) is 6.06. The summed E-state index contributed by atoms with van der Waals surface area (Å²) >= 11 is 0. The van der Waals surface area contributed by atoms with Gasteiger partial charge in [-0.1, -0.05) is 53.9 Å². The molecule has 1 heteroatoms. The van der Waals surface area contributed by atoms with Crippen LogP contribution in [-0.2, 0) is 0 Å². The first-order valence-corrected chi connectivity index (χ1v) is 7.07. The lowest BCUT2D eigenvalue weighted by atomic mass is 9.75. The first kappa shape index (κ1) is 15.9. The third-order valence-electron chi connectivity index (χ3n) is 3.62. The predicted octanol–water partition coefficient (Wildman–Crippen LogP) is 5.76. The van der Waals surface area contributed by atoms with E-state index >= 15 is 0 Å². The number of halogens is 1. The summed E-state index contributed by atoms with van der Waals surface area (Å²) in [6.07, 6.45) is 6.90. The molecule has 0 fully saturated rings. The van der Waals surface area contributed by atoms with Crippen molar-refractivity contribution in [1.29, 1.82) is 0 Å². The fourth-order valence-corrected chi connectivity index (χ4v) is 2.25. The minimum Gasteiger partial charge on any atom is -0.247 e. The molecule has 0 saturated heterocycles. The van der Waals surface area contributed by atoms with Gasteiger partial charge >= 0.3 is 0 Å². The van der Waals surface area contributed by atoms with E-state index < -0.39 is 6.17 Å². The Hall–Kier alpha value is -0.0700. The van der Waals surface area contributed by atoms with Crippen LogP contribution < -0.4 is 0 Å². The van der Waals surface area contributed by atoms with Crippen LogP contribution in [0.15, 0.2) is 0 Å². The largest absolute Gasteiger partial charge is 0.247 e. The number of alkyl halides is 1. The summed E-state index contributed by atoms with van der Waals surface area (Å²) in [6.45, 7) is 11.0. The molecular weight excluding hydrogens is 199 g/mol. The summed E-state index contributed by atoms with van der Waals surface area (Å²) in [4.78, 5) is 0. The summed E-state index contributed by atoms with van der Waals surface area (Å²) in [6, 6.07) is 0. The van der Waals surface area contributed by atoms with Crippen molar-refractivity contribution in [2.24, 2.45) is 11.3 Å². The van der Waals surface area contributed by atoms with E-state index in [1.54, 1.807) is 0 Å². The van der Waals surface area contributed by atoms with Crippen LogP contribution in [0.25, 0.3) is 0 Å². The lowest BCUT2D eigenvalue weighted by molar-refractivity contribution is 0.152. The highest BCUT2D eigenvalue weighted by Gasteiger charge is 2.27. The second kappa shape index (κ2) is 8.08. The van der Waals surface area contributed by atoms with Crippen molar-refractivity contribution in [3.63, 3.8) is 0 Å².